The summed E-state index contributed by atoms with van der Waals surface area (Å²) in [6, 6.07) is 9.44. The molecule has 0 atom stereocenters. The summed E-state index contributed by atoms with van der Waals surface area (Å²) in [5.74, 6) is 3.22. The molecule has 3 aromatic heterocycles. The van der Waals surface area contributed by atoms with Crippen molar-refractivity contribution in [2.45, 2.75) is 88.8 Å². The van der Waals surface area contributed by atoms with Crippen LogP contribution in [0, 0.1) is 5.92 Å². The first-order valence-electron chi connectivity index (χ1n) is 14.9. The van der Waals surface area contributed by atoms with Crippen LogP contribution in [0.25, 0.3) is 22.2 Å². The lowest BCUT2D eigenvalue weighted by Crippen LogP contribution is -2.39. The number of rotatable bonds is 7. The van der Waals surface area contributed by atoms with E-state index in [4.69, 9.17) is 25.7 Å². The highest BCUT2D eigenvalue weighted by Gasteiger charge is 2.26. The minimum atomic E-state index is 0.322. The first-order chi connectivity index (χ1) is 19.2. The van der Waals surface area contributed by atoms with E-state index in [-0.39, 0.29) is 0 Å². The molecule has 1 aromatic carbocycles. The number of nitrogens with two attached hydrogens (primary N) is 1. The van der Waals surface area contributed by atoms with Crippen LogP contribution in [0.1, 0.15) is 76.1 Å². The first-order valence-corrected chi connectivity index (χ1v) is 14.9. The highest BCUT2D eigenvalue weighted by Crippen LogP contribution is 2.34. The van der Waals surface area contributed by atoms with Crippen LogP contribution in [0.2, 0.25) is 0 Å². The number of hydrogen-bond donors (Lipinski definition) is 4. The van der Waals surface area contributed by atoms with E-state index in [1.807, 2.05) is 12.4 Å². The summed E-state index contributed by atoms with van der Waals surface area (Å²) in [5, 5.41) is 5.94. The van der Waals surface area contributed by atoms with Crippen molar-refractivity contribution in [1.82, 2.24) is 34.5 Å². The van der Waals surface area contributed by atoms with E-state index in [0.29, 0.717) is 30.0 Å². The predicted octanol–water partition coefficient (Wildman–Crippen LogP) is 4.78. The van der Waals surface area contributed by atoms with Gasteiger partial charge < -0.3 is 26.0 Å². The highest BCUT2D eigenvalue weighted by molar-refractivity contribution is 5.84. The van der Waals surface area contributed by atoms with Crippen molar-refractivity contribution in [3.05, 3.63) is 36.4 Å². The van der Waals surface area contributed by atoms with Gasteiger partial charge in [0.15, 0.2) is 17.0 Å². The number of aromatic amines is 1. The van der Waals surface area contributed by atoms with Crippen LogP contribution in [0.3, 0.4) is 0 Å². The smallest absolute Gasteiger partial charge is 0.227 e. The van der Waals surface area contributed by atoms with Gasteiger partial charge in [-0.05, 0) is 69.4 Å². The molecule has 0 bridgehead atoms. The van der Waals surface area contributed by atoms with E-state index in [2.05, 4.69) is 43.5 Å². The van der Waals surface area contributed by atoms with E-state index >= 15 is 0 Å². The minimum absolute atomic E-state index is 0.322. The van der Waals surface area contributed by atoms with Gasteiger partial charge in [-0.1, -0.05) is 25.0 Å². The van der Waals surface area contributed by atoms with Crippen molar-refractivity contribution in [3.8, 4) is 0 Å². The number of para-hydroxylation sites is 2. The SMILES string of the molecule is NC1CCC(Nc2nc(NN3CCC(Cc4nc5ccccc5[nH]4)CC3)c3ncn(C4CCCC4)c3n2)CC1. The average Bonchev–Trinajstić information content (AvgIpc) is 3.70. The number of piperidine rings is 1. The van der Waals surface area contributed by atoms with Crippen molar-refractivity contribution in [2.24, 2.45) is 11.7 Å². The van der Waals surface area contributed by atoms with Gasteiger partial charge in [0.2, 0.25) is 5.95 Å². The van der Waals surface area contributed by atoms with Crippen molar-refractivity contribution in [2.75, 3.05) is 23.8 Å². The van der Waals surface area contributed by atoms with Crippen LogP contribution in [0.15, 0.2) is 30.6 Å². The lowest BCUT2D eigenvalue weighted by molar-refractivity contribution is 0.214. The van der Waals surface area contributed by atoms with Gasteiger partial charge in [0, 0.05) is 37.6 Å². The maximum atomic E-state index is 6.15. The van der Waals surface area contributed by atoms with Gasteiger partial charge in [0.25, 0.3) is 0 Å². The second-order valence-electron chi connectivity index (χ2n) is 11.9. The molecule has 0 spiro atoms. The summed E-state index contributed by atoms with van der Waals surface area (Å²) in [7, 11) is 0. The third kappa shape index (κ3) is 5.32. The van der Waals surface area contributed by atoms with E-state index in [1.54, 1.807) is 0 Å². The second-order valence-corrected chi connectivity index (χ2v) is 11.9. The van der Waals surface area contributed by atoms with Gasteiger partial charge >= 0.3 is 0 Å². The fraction of sp³-hybridized carbons (Fsp3) is 0.586. The zero-order valence-electron chi connectivity index (χ0n) is 22.6. The van der Waals surface area contributed by atoms with Crippen molar-refractivity contribution < 1.29 is 0 Å². The van der Waals surface area contributed by atoms with Crippen LogP contribution in [-0.4, -0.2) is 59.7 Å². The molecule has 0 amide bonds. The number of fused-ring (bicyclic) bond motifs is 2. The Kier molecular flexibility index (Phi) is 6.82. The summed E-state index contributed by atoms with van der Waals surface area (Å²) < 4.78 is 2.29. The average molecular weight is 529 g/mol. The summed E-state index contributed by atoms with van der Waals surface area (Å²) in [6.07, 6.45) is 14.4. The Balaban J connectivity index is 1.06. The Labute approximate surface area is 229 Å². The molecule has 4 aromatic rings. The number of hydrazine groups is 1. The van der Waals surface area contributed by atoms with Crippen LogP contribution in [-0.2, 0) is 6.42 Å². The third-order valence-corrected chi connectivity index (χ3v) is 9.04. The van der Waals surface area contributed by atoms with Gasteiger partial charge in [-0.15, -0.1) is 0 Å². The summed E-state index contributed by atoms with van der Waals surface area (Å²) in [6.45, 7) is 1.92. The number of nitrogens with one attached hydrogen (secondary N) is 3. The predicted molar refractivity (Wildman–Crippen MR) is 154 cm³/mol. The zero-order valence-corrected chi connectivity index (χ0v) is 22.6. The molecular weight excluding hydrogens is 488 g/mol. The molecule has 2 aliphatic carbocycles. The number of benzene rings is 1. The molecular formula is C29H40N10. The van der Waals surface area contributed by atoms with Crippen molar-refractivity contribution in [3.63, 3.8) is 0 Å². The van der Waals surface area contributed by atoms with Gasteiger partial charge in [0.05, 0.1) is 17.4 Å². The number of imidazole rings is 2. The lowest BCUT2D eigenvalue weighted by Gasteiger charge is -2.32. The summed E-state index contributed by atoms with van der Waals surface area (Å²) in [4.78, 5) is 23.1. The second kappa shape index (κ2) is 10.7. The Morgan fingerprint density at radius 2 is 1.72 bits per heavy atom. The van der Waals surface area contributed by atoms with Gasteiger partial charge in [-0.3, -0.25) is 0 Å². The Hall–Kier alpha value is -3.24. The minimum Gasteiger partial charge on any atom is -0.351 e. The molecule has 3 aliphatic rings. The van der Waals surface area contributed by atoms with Gasteiger partial charge in [0.1, 0.15) is 5.82 Å². The molecule has 1 saturated heterocycles. The fourth-order valence-corrected chi connectivity index (χ4v) is 6.73. The summed E-state index contributed by atoms with van der Waals surface area (Å²) >= 11 is 0. The highest BCUT2D eigenvalue weighted by atomic mass is 15.5. The van der Waals surface area contributed by atoms with E-state index in [1.165, 1.54) is 25.7 Å². The summed E-state index contributed by atoms with van der Waals surface area (Å²) in [5.41, 5.74) is 13.8. The number of aromatic nitrogens is 6. The third-order valence-electron chi connectivity index (χ3n) is 9.04. The zero-order chi connectivity index (χ0) is 26.2. The van der Waals surface area contributed by atoms with E-state index in [0.717, 1.165) is 91.9 Å². The largest absolute Gasteiger partial charge is 0.351 e. The maximum Gasteiger partial charge on any atom is 0.227 e. The Bertz CT molecular complexity index is 1370. The normalized spacial score (nSPS) is 23.6. The number of hydrogen-bond acceptors (Lipinski definition) is 8. The molecule has 5 N–H and O–H groups in total. The molecule has 3 fully saturated rings. The molecule has 7 rings (SSSR count). The van der Waals surface area contributed by atoms with Crippen molar-refractivity contribution in [1.29, 1.82) is 0 Å². The molecule has 206 valence electrons. The Morgan fingerprint density at radius 3 is 2.51 bits per heavy atom. The topological polar surface area (TPSA) is 126 Å². The van der Waals surface area contributed by atoms with Crippen LogP contribution < -0.4 is 16.5 Å². The first kappa shape index (κ1) is 24.8. The number of anilines is 2. The molecule has 10 nitrogen and oxygen atoms in total. The van der Waals surface area contributed by atoms with E-state index in [9.17, 15) is 0 Å². The molecule has 0 radical (unpaired) electrons. The molecule has 4 heterocycles. The van der Waals surface area contributed by atoms with Crippen molar-refractivity contribution >= 4 is 34.0 Å². The van der Waals surface area contributed by atoms with E-state index < -0.39 is 0 Å². The number of H-pyrrole nitrogens is 1. The van der Waals surface area contributed by atoms with Crippen LogP contribution >= 0.6 is 0 Å². The quantitative estimate of drug-likeness (QED) is 0.270. The lowest BCUT2D eigenvalue weighted by atomic mass is 9.92. The molecule has 1 aliphatic heterocycles. The van der Waals surface area contributed by atoms with Crippen LogP contribution in [0.5, 0.6) is 0 Å². The standard InChI is InChI=1S/C29H40N10/c30-20-9-11-21(12-10-20)32-29-35-27(26-28(36-29)39(18-31-26)22-5-1-2-6-22)37-38-15-13-19(14-16-38)17-25-33-23-7-3-4-8-24(23)34-25/h3-4,7-8,18-22H,1-2,5-6,9-17,30H2,(H,33,34)(H2,32,35,36,37). The van der Waals surface area contributed by atoms with Gasteiger partial charge in [-0.2, -0.15) is 9.97 Å². The molecule has 39 heavy (non-hydrogen) atoms. The molecule has 10 heteroatoms. The fourth-order valence-electron chi connectivity index (χ4n) is 6.73. The molecule has 0 unspecified atom stereocenters. The van der Waals surface area contributed by atoms with Gasteiger partial charge in [-0.25, -0.2) is 15.0 Å². The maximum absolute atomic E-state index is 6.15. The Morgan fingerprint density at radius 1 is 0.923 bits per heavy atom. The van der Waals surface area contributed by atoms with Crippen LogP contribution in [0.4, 0.5) is 11.8 Å². The molecule has 2 saturated carbocycles. The number of nitrogens with zero attached hydrogens (tertiary/aromatic N) is 6. The monoisotopic (exact) mass is 528 g/mol.